The van der Waals surface area contributed by atoms with E-state index in [4.69, 9.17) is 0 Å². The Morgan fingerprint density at radius 3 is 2.53 bits per heavy atom. The SMILES string of the molecule is Cc1cc(C)nc(SCc2nnc(SCC(=O)N3CCCCC3C)n2-c2ccccc2)n1. The lowest BCUT2D eigenvalue weighted by Gasteiger charge is -2.33. The Kier molecular flexibility index (Phi) is 7.47. The lowest BCUT2D eigenvalue weighted by molar-refractivity contribution is -0.131. The molecule has 32 heavy (non-hydrogen) atoms. The molecule has 1 aliphatic rings. The second-order valence-corrected chi connectivity index (χ2v) is 9.90. The first-order valence-electron chi connectivity index (χ1n) is 10.9. The number of likely N-dealkylation sites (tertiary alicyclic amines) is 1. The lowest BCUT2D eigenvalue weighted by Crippen LogP contribution is -2.42. The zero-order chi connectivity index (χ0) is 22.5. The van der Waals surface area contributed by atoms with E-state index in [1.807, 2.05) is 59.7 Å². The molecule has 1 atom stereocenters. The van der Waals surface area contributed by atoms with Crippen molar-refractivity contribution in [3.8, 4) is 5.69 Å². The molecule has 0 saturated carbocycles. The number of hydrogen-bond acceptors (Lipinski definition) is 7. The van der Waals surface area contributed by atoms with E-state index in [1.165, 1.54) is 18.2 Å². The van der Waals surface area contributed by atoms with Crippen LogP contribution in [0.15, 0.2) is 46.7 Å². The fourth-order valence-electron chi connectivity index (χ4n) is 3.89. The molecule has 1 amide bonds. The summed E-state index contributed by atoms with van der Waals surface area (Å²) in [6.45, 7) is 6.93. The van der Waals surface area contributed by atoms with Gasteiger partial charge in [0.1, 0.15) is 5.82 Å². The summed E-state index contributed by atoms with van der Waals surface area (Å²) in [4.78, 5) is 23.9. The number of carbonyl (C=O) groups excluding carboxylic acids is 1. The van der Waals surface area contributed by atoms with Crippen molar-refractivity contribution in [2.24, 2.45) is 0 Å². The van der Waals surface area contributed by atoms with Crippen LogP contribution in [0.5, 0.6) is 0 Å². The Morgan fingerprint density at radius 2 is 1.81 bits per heavy atom. The molecule has 2 aromatic heterocycles. The van der Waals surface area contributed by atoms with Gasteiger partial charge >= 0.3 is 0 Å². The normalized spacial score (nSPS) is 16.3. The molecule has 3 aromatic rings. The minimum Gasteiger partial charge on any atom is -0.339 e. The van der Waals surface area contributed by atoms with Gasteiger partial charge in [0.05, 0.1) is 11.5 Å². The molecule has 1 saturated heterocycles. The second-order valence-electron chi connectivity index (χ2n) is 8.01. The van der Waals surface area contributed by atoms with Crippen molar-refractivity contribution < 1.29 is 4.79 Å². The van der Waals surface area contributed by atoms with Crippen molar-refractivity contribution in [1.29, 1.82) is 0 Å². The maximum atomic E-state index is 12.8. The molecule has 1 fully saturated rings. The molecule has 168 valence electrons. The summed E-state index contributed by atoms with van der Waals surface area (Å²) in [5, 5.41) is 10.3. The van der Waals surface area contributed by atoms with Gasteiger partial charge in [-0.1, -0.05) is 41.7 Å². The first-order chi connectivity index (χ1) is 15.5. The van der Waals surface area contributed by atoms with E-state index in [0.29, 0.717) is 17.5 Å². The highest BCUT2D eigenvalue weighted by Crippen LogP contribution is 2.27. The van der Waals surface area contributed by atoms with Gasteiger partial charge in [-0.2, -0.15) is 0 Å². The number of carbonyl (C=O) groups is 1. The largest absolute Gasteiger partial charge is 0.339 e. The third kappa shape index (κ3) is 5.50. The van der Waals surface area contributed by atoms with Crippen LogP contribution in [-0.2, 0) is 10.5 Å². The van der Waals surface area contributed by atoms with Crippen LogP contribution in [-0.4, -0.2) is 53.9 Å². The van der Waals surface area contributed by atoms with Gasteiger partial charge in [0.2, 0.25) is 5.91 Å². The Labute approximate surface area is 197 Å². The predicted octanol–water partition coefficient (Wildman–Crippen LogP) is 4.46. The van der Waals surface area contributed by atoms with Crippen LogP contribution in [0.4, 0.5) is 0 Å². The van der Waals surface area contributed by atoms with E-state index in [0.717, 1.165) is 52.6 Å². The Balaban J connectivity index is 1.52. The molecule has 1 unspecified atom stereocenters. The molecule has 4 rings (SSSR count). The molecule has 0 aliphatic carbocycles. The van der Waals surface area contributed by atoms with Crippen LogP contribution in [0.25, 0.3) is 5.69 Å². The summed E-state index contributed by atoms with van der Waals surface area (Å²) < 4.78 is 2.03. The van der Waals surface area contributed by atoms with E-state index in [2.05, 4.69) is 27.1 Å². The minimum absolute atomic E-state index is 0.171. The number of aromatic nitrogens is 5. The van der Waals surface area contributed by atoms with E-state index in [-0.39, 0.29) is 5.91 Å². The number of amides is 1. The molecule has 0 spiro atoms. The van der Waals surface area contributed by atoms with E-state index >= 15 is 0 Å². The predicted molar refractivity (Wildman–Crippen MR) is 128 cm³/mol. The monoisotopic (exact) mass is 468 g/mol. The van der Waals surface area contributed by atoms with Crippen molar-refractivity contribution in [1.82, 2.24) is 29.6 Å². The Bertz CT molecular complexity index is 1050. The number of aryl methyl sites for hydroxylation is 2. The van der Waals surface area contributed by atoms with E-state index < -0.39 is 0 Å². The fourth-order valence-corrected chi connectivity index (χ4v) is 5.61. The number of nitrogens with zero attached hydrogens (tertiary/aromatic N) is 6. The van der Waals surface area contributed by atoms with Gasteiger partial charge in [-0.25, -0.2) is 9.97 Å². The molecule has 9 heteroatoms. The quantitative estimate of drug-likeness (QED) is 0.374. The van der Waals surface area contributed by atoms with Gasteiger partial charge in [-0.15, -0.1) is 10.2 Å². The minimum atomic E-state index is 0.171. The van der Waals surface area contributed by atoms with Crippen molar-refractivity contribution in [2.45, 2.75) is 62.1 Å². The number of thioether (sulfide) groups is 2. The van der Waals surface area contributed by atoms with Crippen molar-refractivity contribution >= 4 is 29.4 Å². The highest BCUT2D eigenvalue weighted by Gasteiger charge is 2.24. The number of hydrogen-bond donors (Lipinski definition) is 0. The van der Waals surface area contributed by atoms with Gasteiger partial charge in [0.15, 0.2) is 10.3 Å². The zero-order valence-corrected chi connectivity index (χ0v) is 20.3. The zero-order valence-electron chi connectivity index (χ0n) is 18.7. The second kappa shape index (κ2) is 10.5. The first-order valence-corrected chi connectivity index (χ1v) is 12.9. The summed E-state index contributed by atoms with van der Waals surface area (Å²) in [6.07, 6.45) is 3.37. The smallest absolute Gasteiger partial charge is 0.233 e. The number of rotatable bonds is 7. The third-order valence-electron chi connectivity index (χ3n) is 5.45. The molecular formula is C23H28N6OS2. The van der Waals surface area contributed by atoms with Crippen molar-refractivity contribution in [2.75, 3.05) is 12.3 Å². The highest BCUT2D eigenvalue weighted by molar-refractivity contribution is 7.99. The van der Waals surface area contributed by atoms with E-state index in [1.54, 1.807) is 11.8 Å². The van der Waals surface area contributed by atoms with Gasteiger partial charge < -0.3 is 4.90 Å². The lowest BCUT2D eigenvalue weighted by atomic mass is 10.0. The fraction of sp³-hybridized carbons (Fsp3) is 0.435. The van der Waals surface area contributed by atoms with Crippen LogP contribution >= 0.6 is 23.5 Å². The standard InChI is InChI=1S/C23H28N6OS2/c1-16-13-17(2)25-22(24-16)31-14-20-26-27-23(29(20)19-10-5-4-6-11-19)32-15-21(30)28-12-8-7-9-18(28)3/h4-6,10-11,13,18H,7-9,12,14-15H2,1-3H3. The molecule has 7 nitrogen and oxygen atoms in total. The van der Waals surface area contributed by atoms with Gasteiger partial charge in [0, 0.05) is 29.7 Å². The summed E-state index contributed by atoms with van der Waals surface area (Å²) in [5.74, 6) is 1.93. The van der Waals surface area contributed by atoms with Crippen LogP contribution in [0, 0.1) is 13.8 Å². The van der Waals surface area contributed by atoms with E-state index in [9.17, 15) is 4.79 Å². The first kappa shape index (κ1) is 22.8. The Hall–Kier alpha value is -2.39. The molecule has 0 bridgehead atoms. The summed E-state index contributed by atoms with van der Waals surface area (Å²) in [5.41, 5.74) is 2.88. The molecule has 0 radical (unpaired) electrons. The number of para-hydroxylation sites is 1. The Morgan fingerprint density at radius 1 is 1.06 bits per heavy atom. The van der Waals surface area contributed by atoms with Gasteiger partial charge in [-0.05, 0) is 58.2 Å². The van der Waals surface area contributed by atoms with Crippen LogP contribution < -0.4 is 0 Å². The summed E-state index contributed by atoms with van der Waals surface area (Å²) >= 11 is 2.99. The van der Waals surface area contributed by atoms with Crippen molar-refractivity contribution in [3.63, 3.8) is 0 Å². The summed E-state index contributed by atoms with van der Waals surface area (Å²) in [6, 6.07) is 12.3. The maximum Gasteiger partial charge on any atom is 0.233 e. The van der Waals surface area contributed by atoms with Crippen LogP contribution in [0.3, 0.4) is 0 Å². The van der Waals surface area contributed by atoms with Gasteiger partial charge in [-0.3, -0.25) is 9.36 Å². The molecule has 1 aliphatic heterocycles. The highest BCUT2D eigenvalue weighted by atomic mass is 32.2. The summed E-state index contributed by atoms with van der Waals surface area (Å²) in [7, 11) is 0. The number of piperidine rings is 1. The number of benzene rings is 1. The third-order valence-corrected chi connectivity index (χ3v) is 7.21. The van der Waals surface area contributed by atoms with Crippen molar-refractivity contribution in [3.05, 3.63) is 53.6 Å². The average molecular weight is 469 g/mol. The van der Waals surface area contributed by atoms with Crippen LogP contribution in [0.1, 0.15) is 43.4 Å². The molecule has 1 aromatic carbocycles. The maximum absolute atomic E-state index is 12.8. The average Bonchev–Trinajstić information content (AvgIpc) is 3.19. The van der Waals surface area contributed by atoms with Crippen LogP contribution in [0.2, 0.25) is 0 Å². The molecule has 3 heterocycles. The molecular weight excluding hydrogens is 440 g/mol. The topological polar surface area (TPSA) is 76.8 Å². The van der Waals surface area contributed by atoms with Gasteiger partial charge in [0.25, 0.3) is 0 Å². The molecule has 0 N–H and O–H groups in total.